The Morgan fingerprint density at radius 3 is 2.65 bits per heavy atom. The highest BCUT2D eigenvalue weighted by molar-refractivity contribution is 5.98. The number of carbonyl (C=O) groups excluding carboxylic acids is 1. The molecular weight excluding hydrogens is 424 g/mol. The maximum Gasteiger partial charge on any atom is 0.253 e. The van der Waals surface area contributed by atoms with E-state index in [4.69, 9.17) is 4.74 Å². The lowest BCUT2D eigenvalue weighted by Gasteiger charge is -2.58. The predicted molar refractivity (Wildman–Crippen MR) is 135 cm³/mol. The Labute approximate surface area is 201 Å². The summed E-state index contributed by atoms with van der Waals surface area (Å²) in [6, 6.07) is 22.2. The fraction of sp³-hybridized carbons (Fsp3) is 0.414. The van der Waals surface area contributed by atoms with Crippen LogP contribution in [0.15, 0.2) is 66.7 Å². The van der Waals surface area contributed by atoms with E-state index in [9.17, 15) is 9.90 Å². The molecule has 3 aromatic carbocycles. The lowest BCUT2D eigenvalue weighted by atomic mass is 9.55. The second kappa shape index (κ2) is 8.71. The highest BCUT2D eigenvalue weighted by atomic mass is 16.5. The van der Waals surface area contributed by atoms with Crippen LogP contribution in [0.5, 0.6) is 5.75 Å². The number of methoxy groups -OCH3 is 1. The molecule has 5 heteroatoms. The van der Waals surface area contributed by atoms with Gasteiger partial charge in [0.15, 0.2) is 0 Å². The van der Waals surface area contributed by atoms with Crippen LogP contribution in [-0.2, 0) is 5.41 Å². The monoisotopic (exact) mass is 458 g/mol. The lowest BCUT2D eigenvalue weighted by Crippen LogP contribution is -2.66. The Balaban J connectivity index is 1.48. The minimum absolute atomic E-state index is 0.0370. The molecule has 5 rings (SSSR count). The maximum atomic E-state index is 13.6. The number of fused-ring (bicyclic) bond motifs is 2. The molecule has 5 nitrogen and oxygen atoms in total. The summed E-state index contributed by atoms with van der Waals surface area (Å²) in [4.78, 5) is 17.7. The minimum Gasteiger partial charge on any atom is -0.497 e. The van der Waals surface area contributed by atoms with Gasteiger partial charge in [-0.3, -0.25) is 4.79 Å². The summed E-state index contributed by atoms with van der Waals surface area (Å²) in [5, 5.41) is 14.2. The van der Waals surface area contributed by atoms with Crippen molar-refractivity contribution in [3.8, 4) is 5.75 Å². The van der Waals surface area contributed by atoms with Gasteiger partial charge in [0, 0.05) is 30.6 Å². The van der Waals surface area contributed by atoms with Crippen molar-refractivity contribution in [3.05, 3.63) is 77.9 Å². The average Bonchev–Trinajstić information content (AvgIpc) is 2.87. The van der Waals surface area contributed by atoms with Crippen molar-refractivity contribution in [3.63, 3.8) is 0 Å². The molecule has 0 aromatic heterocycles. The van der Waals surface area contributed by atoms with E-state index in [0.29, 0.717) is 18.5 Å². The van der Waals surface area contributed by atoms with E-state index in [2.05, 4.69) is 30.1 Å². The van der Waals surface area contributed by atoms with Crippen LogP contribution in [0.25, 0.3) is 10.8 Å². The number of hydrogen-bond acceptors (Lipinski definition) is 4. The zero-order chi connectivity index (χ0) is 23.9. The van der Waals surface area contributed by atoms with Gasteiger partial charge in [0.25, 0.3) is 5.91 Å². The Morgan fingerprint density at radius 1 is 1.06 bits per heavy atom. The van der Waals surface area contributed by atoms with Crippen LogP contribution in [-0.4, -0.2) is 66.8 Å². The van der Waals surface area contributed by atoms with E-state index < -0.39 is 11.0 Å². The van der Waals surface area contributed by atoms with Crippen molar-refractivity contribution in [1.82, 2.24) is 9.80 Å². The first-order valence-electron chi connectivity index (χ1n) is 12.2. The second-order valence-electron chi connectivity index (χ2n) is 10.2. The van der Waals surface area contributed by atoms with Gasteiger partial charge < -0.3 is 19.6 Å². The number of amides is 1. The predicted octanol–water partition coefficient (Wildman–Crippen LogP) is 4.48. The Morgan fingerprint density at radius 2 is 1.85 bits per heavy atom. The quantitative estimate of drug-likeness (QED) is 0.627. The number of likely N-dealkylation sites (N-methyl/N-ethyl adjacent to an activating group) is 1. The second-order valence-corrected chi connectivity index (χ2v) is 10.2. The van der Waals surface area contributed by atoms with E-state index in [1.165, 1.54) is 0 Å². The smallest absolute Gasteiger partial charge is 0.253 e. The van der Waals surface area contributed by atoms with E-state index >= 15 is 0 Å². The van der Waals surface area contributed by atoms with Crippen LogP contribution in [0.3, 0.4) is 0 Å². The topological polar surface area (TPSA) is 53.0 Å². The van der Waals surface area contributed by atoms with E-state index in [-0.39, 0.29) is 11.9 Å². The van der Waals surface area contributed by atoms with Crippen LogP contribution >= 0.6 is 0 Å². The number of rotatable bonds is 4. The molecule has 1 saturated heterocycles. The van der Waals surface area contributed by atoms with Crippen molar-refractivity contribution < 1.29 is 14.6 Å². The first kappa shape index (κ1) is 22.9. The van der Waals surface area contributed by atoms with Crippen molar-refractivity contribution in [1.29, 1.82) is 0 Å². The van der Waals surface area contributed by atoms with Crippen LogP contribution in [0.4, 0.5) is 0 Å². The summed E-state index contributed by atoms with van der Waals surface area (Å²) in [7, 11) is 5.67. The van der Waals surface area contributed by atoms with E-state index in [1.54, 1.807) is 7.11 Å². The van der Waals surface area contributed by atoms with Crippen LogP contribution < -0.4 is 4.74 Å². The molecule has 0 bridgehead atoms. The number of hydrogen-bond donors (Lipinski definition) is 1. The Kier molecular flexibility index (Phi) is 5.86. The summed E-state index contributed by atoms with van der Waals surface area (Å²) >= 11 is 0. The molecular formula is C29H34N2O3. The summed E-state index contributed by atoms with van der Waals surface area (Å²) in [5.41, 5.74) is 0.560. The summed E-state index contributed by atoms with van der Waals surface area (Å²) in [6.45, 7) is 1.55. The molecule has 1 aliphatic heterocycles. The number of ether oxygens (including phenoxy) is 1. The minimum atomic E-state index is -0.838. The molecule has 1 aliphatic carbocycles. The normalized spacial score (nSPS) is 27.2. The summed E-state index contributed by atoms with van der Waals surface area (Å²) < 4.78 is 5.53. The standard InChI is InChI=1S/C29H34N2O3/c1-30-16-15-28(24-9-6-10-26(18-24)34-3)19-25(13-14-29(28,33)20-30)31(2)27(32)23-12-11-21-7-4-5-8-22(21)17-23/h4-12,17-18,25,33H,13-16,19-20H2,1-3H3. The molecule has 34 heavy (non-hydrogen) atoms. The zero-order valence-corrected chi connectivity index (χ0v) is 20.3. The van der Waals surface area contributed by atoms with Gasteiger partial charge in [0.1, 0.15) is 5.75 Å². The third-order valence-corrected chi connectivity index (χ3v) is 8.30. The average molecular weight is 459 g/mol. The Bertz CT molecular complexity index is 1210. The third-order valence-electron chi connectivity index (χ3n) is 8.30. The summed E-state index contributed by atoms with van der Waals surface area (Å²) in [6.07, 6.45) is 3.03. The molecule has 3 aromatic rings. The first-order valence-corrected chi connectivity index (χ1v) is 12.2. The van der Waals surface area contributed by atoms with Gasteiger partial charge in [-0.05, 0) is 79.9 Å². The summed E-state index contributed by atoms with van der Waals surface area (Å²) in [5.74, 6) is 0.839. The number of benzene rings is 3. The van der Waals surface area contributed by atoms with Gasteiger partial charge in [0.05, 0.1) is 12.7 Å². The molecule has 2 aliphatic rings. The zero-order valence-electron chi connectivity index (χ0n) is 20.3. The van der Waals surface area contributed by atoms with E-state index in [1.807, 2.05) is 60.5 Å². The van der Waals surface area contributed by atoms with Gasteiger partial charge in [-0.1, -0.05) is 42.5 Å². The number of β-amino-alcohol motifs (C(OH)–C–C–N with tert-alkyl or cyclic N) is 1. The number of piperidine rings is 1. The number of likely N-dealkylation sites (tertiary alicyclic amines) is 1. The SMILES string of the molecule is COc1cccc(C23CCN(C)CC2(O)CCC(N(C)C(=O)c2ccc4ccccc4c2)C3)c1. The molecule has 0 spiro atoms. The highest BCUT2D eigenvalue weighted by Crippen LogP contribution is 2.52. The lowest BCUT2D eigenvalue weighted by molar-refractivity contribution is -0.127. The number of aliphatic hydroxyl groups is 1. The fourth-order valence-electron chi connectivity index (χ4n) is 6.29. The van der Waals surface area contributed by atoms with Gasteiger partial charge in [-0.25, -0.2) is 0 Å². The molecule has 3 atom stereocenters. The molecule has 1 saturated carbocycles. The van der Waals surface area contributed by atoms with Crippen LogP contribution in [0.1, 0.15) is 41.6 Å². The van der Waals surface area contributed by atoms with Gasteiger partial charge in [-0.2, -0.15) is 0 Å². The first-order chi connectivity index (χ1) is 16.3. The number of carbonyl (C=O) groups is 1. The third kappa shape index (κ3) is 3.77. The van der Waals surface area contributed by atoms with Crippen molar-refractivity contribution in [2.45, 2.75) is 42.7 Å². The fourth-order valence-corrected chi connectivity index (χ4v) is 6.29. The van der Waals surface area contributed by atoms with Crippen molar-refractivity contribution in [2.24, 2.45) is 0 Å². The molecule has 3 unspecified atom stereocenters. The Hall–Kier alpha value is -2.89. The molecule has 1 amide bonds. The van der Waals surface area contributed by atoms with Gasteiger partial charge >= 0.3 is 0 Å². The van der Waals surface area contributed by atoms with Crippen LogP contribution in [0, 0.1) is 0 Å². The van der Waals surface area contributed by atoms with Crippen molar-refractivity contribution in [2.75, 3.05) is 34.3 Å². The largest absolute Gasteiger partial charge is 0.497 e. The molecule has 178 valence electrons. The van der Waals surface area contributed by atoms with Crippen LogP contribution in [0.2, 0.25) is 0 Å². The highest BCUT2D eigenvalue weighted by Gasteiger charge is 2.57. The van der Waals surface area contributed by atoms with Gasteiger partial charge in [0.2, 0.25) is 0 Å². The van der Waals surface area contributed by atoms with Gasteiger partial charge in [-0.15, -0.1) is 0 Å². The molecule has 0 radical (unpaired) electrons. The molecule has 2 fully saturated rings. The van der Waals surface area contributed by atoms with E-state index in [0.717, 1.165) is 47.9 Å². The van der Waals surface area contributed by atoms with Crippen molar-refractivity contribution >= 4 is 16.7 Å². The number of nitrogens with zero attached hydrogens (tertiary/aromatic N) is 2. The molecule has 1 heterocycles. The molecule has 1 N–H and O–H groups in total. The maximum absolute atomic E-state index is 13.6.